The number of hydrogen-bond donors (Lipinski definition) is 0. The van der Waals surface area contributed by atoms with Crippen molar-refractivity contribution in [3.63, 3.8) is 0 Å². The van der Waals surface area contributed by atoms with Gasteiger partial charge in [-0.2, -0.15) is 13.2 Å². The summed E-state index contributed by atoms with van der Waals surface area (Å²) in [5.74, 6) is 0. The summed E-state index contributed by atoms with van der Waals surface area (Å²) in [6.07, 6.45) is -4.37. The number of benzene rings is 2. The maximum Gasteiger partial charge on any atom is 0.417 e. The fourth-order valence-electron chi connectivity index (χ4n) is 1.64. The van der Waals surface area contributed by atoms with E-state index in [1.807, 2.05) is 0 Å². The van der Waals surface area contributed by atoms with Gasteiger partial charge in [-0.1, -0.05) is 41.4 Å². The van der Waals surface area contributed by atoms with Crippen LogP contribution >= 0.6 is 45.8 Å². The zero-order chi connectivity index (χ0) is 14.2. The molecule has 0 unspecified atom stereocenters. The average molecular weight is 417 g/mol. The van der Waals surface area contributed by atoms with E-state index in [0.29, 0.717) is 21.2 Å². The van der Waals surface area contributed by atoms with Gasteiger partial charge in [0, 0.05) is 3.57 Å². The lowest BCUT2D eigenvalue weighted by Crippen LogP contribution is -2.08. The van der Waals surface area contributed by atoms with Gasteiger partial charge in [0.15, 0.2) is 0 Å². The second-order valence-electron chi connectivity index (χ2n) is 3.79. The van der Waals surface area contributed by atoms with Crippen molar-refractivity contribution >= 4 is 45.8 Å². The average Bonchev–Trinajstić information content (AvgIpc) is 2.32. The van der Waals surface area contributed by atoms with Crippen LogP contribution in [0.3, 0.4) is 0 Å². The molecule has 2 aromatic carbocycles. The molecule has 0 saturated heterocycles. The van der Waals surface area contributed by atoms with Gasteiger partial charge in [-0.15, -0.1) is 0 Å². The van der Waals surface area contributed by atoms with E-state index in [-0.39, 0.29) is 3.57 Å². The molecule has 0 amide bonds. The van der Waals surface area contributed by atoms with Gasteiger partial charge in [0.2, 0.25) is 0 Å². The lowest BCUT2D eigenvalue weighted by molar-refractivity contribution is -0.138. The van der Waals surface area contributed by atoms with Gasteiger partial charge >= 0.3 is 6.18 Å². The monoisotopic (exact) mass is 416 g/mol. The topological polar surface area (TPSA) is 0 Å². The lowest BCUT2D eigenvalue weighted by Gasteiger charge is -2.13. The van der Waals surface area contributed by atoms with Crippen molar-refractivity contribution in [3.8, 4) is 11.1 Å². The number of halogens is 6. The zero-order valence-corrected chi connectivity index (χ0v) is 12.9. The van der Waals surface area contributed by atoms with Crippen molar-refractivity contribution in [1.29, 1.82) is 0 Å². The molecule has 0 spiro atoms. The Morgan fingerprint density at radius 3 is 2.21 bits per heavy atom. The summed E-state index contributed by atoms with van der Waals surface area (Å²) in [4.78, 5) is 0. The van der Waals surface area contributed by atoms with E-state index in [9.17, 15) is 13.2 Å². The Hall–Kier alpha value is -0.460. The molecule has 0 aromatic heterocycles. The summed E-state index contributed by atoms with van der Waals surface area (Å²) < 4.78 is 38.7. The molecule has 0 nitrogen and oxygen atoms in total. The van der Waals surface area contributed by atoms with Crippen LogP contribution in [0.25, 0.3) is 11.1 Å². The smallest absolute Gasteiger partial charge is 0.166 e. The maximum absolute atomic E-state index is 12.8. The van der Waals surface area contributed by atoms with E-state index < -0.39 is 11.7 Å². The third-order valence-electron chi connectivity index (χ3n) is 2.53. The fraction of sp³-hybridized carbons (Fsp3) is 0.0769. The Morgan fingerprint density at radius 1 is 0.947 bits per heavy atom. The van der Waals surface area contributed by atoms with Gasteiger partial charge in [-0.25, -0.2) is 0 Å². The van der Waals surface area contributed by atoms with Gasteiger partial charge < -0.3 is 0 Å². The molecule has 0 N–H and O–H groups in total. The Bertz CT molecular complexity index is 624. The third kappa shape index (κ3) is 3.17. The van der Waals surface area contributed by atoms with Gasteiger partial charge in [0.25, 0.3) is 0 Å². The van der Waals surface area contributed by atoms with Crippen molar-refractivity contribution in [3.05, 3.63) is 55.6 Å². The van der Waals surface area contributed by atoms with Crippen LogP contribution in [0.5, 0.6) is 0 Å². The SMILES string of the molecule is FC(F)(F)c1cccc(-c2ccc(Cl)c(Cl)c2)c1I. The minimum absolute atomic E-state index is 0.144. The summed E-state index contributed by atoms with van der Waals surface area (Å²) in [6, 6.07) is 8.82. The van der Waals surface area contributed by atoms with Crippen molar-refractivity contribution in [2.45, 2.75) is 6.18 Å². The molecular formula is C13H6Cl2F3I. The Balaban J connectivity index is 2.60. The molecule has 0 fully saturated rings. The quantitative estimate of drug-likeness (QED) is 0.479. The van der Waals surface area contributed by atoms with Crippen molar-refractivity contribution < 1.29 is 13.2 Å². The molecule has 6 heteroatoms. The largest absolute Gasteiger partial charge is 0.417 e. The predicted molar refractivity (Wildman–Crippen MR) is 79.6 cm³/mol. The molecule has 0 aliphatic rings. The maximum atomic E-state index is 12.8. The molecule has 0 saturated carbocycles. The number of alkyl halides is 3. The molecule has 2 aromatic rings. The van der Waals surface area contributed by atoms with Crippen LogP contribution in [0.15, 0.2) is 36.4 Å². The molecule has 100 valence electrons. The first-order valence-corrected chi connectivity index (χ1v) is 6.95. The van der Waals surface area contributed by atoms with Gasteiger partial charge in [0.05, 0.1) is 15.6 Å². The molecule has 0 atom stereocenters. The molecule has 0 aliphatic heterocycles. The molecule has 0 heterocycles. The van der Waals surface area contributed by atoms with E-state index in [4.69, 9.17) is 23.2 Å². The zero-order valence-electron chi connectivity index (χ0n) is 9.23. The summed E-state index contributed by atoms with van der Waals surface area (Å²) in [6.45, 7) is 0. The molecule has 0 radical (unpaired) electrons. The highest BCUT2D eigenvalue weighted by molar-refractivity contribution is 14.1. The van der Waals surface area contributed by atoms with Crippen LogP contribution in [-0.2, 0) is 6.18 Å². The Kier molecular flexibility index (Phi) is 4.32. The summed E-state index contributed by atoms with van der Waals surface area (Å²) >= 11 is 13.4. The van der Waals surface area contributed by atoms with Crippen LogP contribution in [-0.4, -0.2) is 0 Å². The summed E-state index contributed by atoms with van der Waals surface area (Å²) in [5.41, 5.74) is 0.426. The Labute approximate surface area is 131 Å². The lowest BCUT2D eigenvalue weighted by atomic mass is 10.0. The highest BCUT2D eigenvalue weighted by atomic mass is 127. The van der Waals surface area contributed by atoms with Crippen LogP contribution in [0.4, 0.5) is 13.2 Å². The van der Waals surface area contributed by atoms with Crippen LogP contribution < -0.4 is 0 Å². The van der Waals surface area contributed by atoms with E-state index >= 15 is 0 Å². The van der Waals surface area contributed by atoms with E-state index in [1.165, 1.54) is 6.07 Å². The normalized spacial score (nSPS) is 11.7. The second-order valence-corrected chi connectivity index (χ2v) is 5.69. The highest BCUT2D eigenvalue weighted by Gasteiger charge is 2.33. The Morgan fingerprint density at radius 2 is 1.63 bits per heavy atom. The second kappa shape index (κ2) is 5.50. The van der Waals surface area contributed by atoms with Gasteiger partial charge in [0.1, 0.15) is 0 Å². The molecule has 19 heavy (non-hydrogen) atoms. The standard InChI is InChI=1S/C13H6Cl2F3I/c14-10-5-4-7(6-11(10)15)8-2-1-3-9(12(8)19)13(16,17)18/h1-6H. The van der Waals surface area contributed by atoms with Crippen molar-refractivity contribution in [1.82, 2.24) is 0 Å². The molecular weight excluding hydrogens is 411 g/mol. The van der Waals surface area contributed by atoms with E-state index in [2.05, 4.69) is 0 Å². The first-order chi connectivity index (χ1) is 8.80. The first kappa shape index (κ1) is 14.9. The van der Waals surface area contributed by atoms with E-state index in [0.717, 1.165) is 6.07 Å². The van der Waals surface area contributed by atoms with Gasteiger partial charge in [-0.3, -0.25) is 0 Å². The fourth-order valence-corrected chi connectivity index (χ4v) is 2.91. The summed E-state index contributed by atoms with van der Waals surface area (Å²) in [5, 5.41) is 0.680. The minimum atomic E-state index is -4.37. The van der Waals surface area contributed by atoms with Crippen molar-refractivity contribution in [2.24, 2.45) is 0 Å². The van der Waals surface area contributed by atoms with Gasteiger partial charge in [-0.05, 0) is 51.9 Å². The first-order valence-electron chi connectivity index (χ1n) is 5.12. The highest BCUT2D eigenvalue weighted by Crippen LogP contribution is 2.38. The molecule has 0 bridgehead atoms. The summed E-state index contributed by atoms with van der Waals surface area (Å²) in [7, 11) is 0. The van der Waals surface area contributed by atoms with E-state index in [1.54, 1.807) is 46.9 Å². The predicted octanol–water partition coefficient (Wildman–Crippen LogP) is 6.28. The number of hydrogen-bond acceptors (Lipinski definition) is 0. The van der Waals surface area contributed by atoms with Crippen molar-refractivity contribution in [2.75, 3.05) is 0 Å². The van der Waals surface area contributed by atoms with Crippen LogP contribution in [0, 0.1) is 3.57 Å². The molecule has 2 rings (SSSR count). The molecule has 0 aliphatic carbocycles. The third-order valence-corrected chi connectivity index (χ3v) is 4.44. The minimum Gasteiger partial charge on any atom is -0.166 e. The van der Waals surface area contributed by atoms with Crippen LogP contribution in [0.1, 0.15) is 5.56 Å². The number of rotatable bonds is 1. The van der Waals surface area contributed by atoms with Crippen LogP contribution in [0.2, 0.25) is 10.0 Å².